The van der Waals surface area contributed by atoms with Crippen LogP contribution >= 0.6 is 15.9 Å². The van der Waals surface area contributed by atoms with Crippen LogP contribution in [0.5, 0.6) is 5.75 Å². The number of ether oxygens (including phenoxy) is 1. The maximum absolute atomic E-state index is 6.40. The molecular formula is C14H20BrNO. The van der Waals surface area contributed by atoms with Gasteiger partial charge in [-0.05, 0) is 30.9 Å². The fourth-order valence-corrected chi connectivity index (χ4v) is 3.05. The minimum atomic E-state index is 0.110. The first-order chi connectivity index (χ1) is 8.22. The maximum Gasteiger partial charge on any atom is 0.124 e. The fourth-order valence-electron chi connectivity index (χ4n) is 2.71. The molecule has 0 heterocycles. The molecule has 1 saturated carbocycles. The highest BCUT2D eigenvalue weighted by molar-refractivity contribution is 9.10. The van der Waals surface area contributed by atoms with Crippen LogP contribution in [0.3, 0.4) is 0 Å². The number of hydrogen-bond acceptors (Lipinski definition) is 2. The number of methoxy groups -OCH3 is 1. The minimum absolute atomic E-state index is 0.110. The molecule has 2 rings (SSSR count). The van der Waals surface area contributed by atoms with Gasteiger partial charge in [0, 0.05) is 16.1 Å². The van der Waals surface area contributed by atoms with Gasteiger partial charge in [0.25, 0.3) is 0 Å². The summed E-state index contributed by atoms with van der Waals surface area (Å²) >= 11 is 3.46. The number of hydrogen-bond donors (Lipinski definition) is 1. The van der Waals surface area contributed by atoms with Gasteiger partial charge in [-0.1, -0.05) is 41.3 Å². The third-order valence-electron chi connectivity index (χ3n) is 3.71. The quantitative estimate of drug-likeness (QED) is 0.914. The van der Waals surface area contributed by atoms with Crippen molar-refractivity contribution in [3.8, 4) is 5.75 Å². The average molecular weight is 298 g/mol. The largest absolute Gasteiger partial charge is 0.496 e. The maximum atomic E-state index is 6.40. The molecule has 0 bridgehead atoms. The molecule has 0 spiro atoms. The molecular weight excluding hydrogens is 278 g/mol. The van der Waals surface area contributed by atoms with Gasteiger partial charge >= 0.3 is 0 Å². The highest BCUT2D eigenvalue weighted by atomic mass is 79.9. The molecule has 0 saturated heterocycles. The molecule has 1 aromatic carbocycles. The van der Waals surface area contributed by atoms with Gasteiger partial charge in [-0.3, -0.25) is 0 Å². The fraction of sp³-hybridized carbons (Fsp3) is 0.571. The smallest absolute Gasteiger partial charge is 0.124 e. The van der Waals surface area contributed by atoms with Gasteiger partial charge in [0.2, 0.25) is 0 Å². The first kappa shape index (κ1) is 12.9. The molecule has 1 aromatic rings. The first-order valence-electron chi connectivity index (χ1n) is 6.31. The Labute approximate surface area is 112 Å². The van der Waals surface area contributed by atoms with Crippen LogP contribution < -0.4 is 10.5 Å². The van der Waals surface area contributed by atoms with Crippen molar-refractivity contribution in [2.75, 3.05) is 7.11 Å². The van der Waals surface area contributed by atoms with Gasteiger partial charge < -0.3 is 10.5 Å². The molecule has 1 aliphatic carbocycles. The van der Waals surface area contributed by atoms with E-state index in [0.717, 1.165) is 15.8 Å². The Bertz CT molecular complexity index is 374. The van der Waals surface area contributed by atoms with Gasteiger partial charge in [-0.2, -0.15) is 0 Å². The monoisotopic (exact) mass is 297 g/mol. The SMILES string of the molecule is COc1cc(Br)ccc1C(N)C1CCCCC1. The number of benzene rings is 1. The topological polar surface area (TPSA) is 35.2 Å². The summed E-state index contributed by atoms with van der Waals surface area (Å²) in [6.07, 6.45) is 6.50. The van der Waals surface area contributed by atoms with Crippen molar-refractivity contribution in [3.05, 3.63) is 28.2 Å². The predicted octanol–water partition coefficient (Wildman–Crippen LogP) is 4.04. The van der Waals surface area contributed by atoms with E-state index in [2.05, 4.69) is 22.0 Å². The molecule has 2 N–H and O–H groups in total. The molecule has 0 radical (unpaired) electrons. The van der Waals surface area contributed by atoms with E-state index in [4.69, 9.17) is 10.5 Å². The third kappa shape index (κ3) is 3.02. The average Bonchev–Trinajstić information content (AvgIpc) is 2.39. The van der Waals surface area contributed by atoms with E-state index in [1.165, 1.54) is 32.1 Å². The Hall–Kier alpha value is -0.540. The lowest BCUT2D eigenvalue weighted by Crippen LogP contribution is -2.24. The van der Waals surface area contributed by atoms with Crippen LogP contribution in [-0.4, -0.2) is 7.11 Å². The molecule has 1 atom stereocenters. The second kappa shape index (κ2) is 5.87. The van der Waals surface area contributed by atoms with E-state index in [1.807, 2.05) is 12.1 Å². The van der Waals surface area contributed by atoms with Crippen LogP contribution in [0.2, 0.25) is 0 Å². The van der Waals surface area contributed by atoms with Crippen LogP contribution in [-0.2, 0) is 0 Å². The molecule has 1 aliphatic rings. The summed E-state index contributed by atoms with van der Waals surface area (Å²) < 4.78 is 6.46. The molecule has 0 amide bonds. The molecule has 0 aromatic heterocycles. The number of halogens is 1. The highest BCUT2D eigenvalue weighted by Crippen LogP contribution is 2.37. The van der Waals surface area contributed by atoms with E-state index < -0.39 is 0 Å². The Morgan fingerprint density at radius 2 is 2.00 bits per heavy atom. The Kier molecular flexibility index (Phi) is 4.46. The summed E-state index contributed by atoms with van der Waals surface area (Å²) in [4.78, 5) is 0. The van der Waals surface area contributed by atoms with Crippen LogP contribution in [0, 0.1) is 5.92 Å². The van der Waals surface area contributed by atoms with Gasteiger partial charge in [-0.15, -0.1) is 0 Å². The molecule has 1 fully saturated rings. The van der Waals surface area contributed by atoms with Crippen molar-refractivity contribution in [2.45, 2.75) is 38.1 Å². The van der Waals surface area contributed by atoms with Crippen molar-refractivity contribution in [1.29, 1.82) is 0 Å². The predicted molar refractivity (Wildman–Crippen MR) is 74.2 cm³/mol. The van der Waals surface area contributed by atoms with Crippen LogP contribution in [0.15, 0.2) is 22.7 Å². The Morgan fingerprint density at radius 1 is 1.29 bits per heavy atom. The zero-order valence-corrected chi connectivity index (χ0v) is 11.9. The molecule has 3 heteroatoms. The molecule has 1 unspecified atom stereocenters. The van der Waals surface area contributed by atoms with E-state index in [9.17, 15) is 0 Å². The second-order valence-electron chi connectivity index (χ2n) is 4.81. The van der Waals surface area contributed by atoms with Crippen LogP contribution in [0.25, 0.3) is 0 Å². The Balaban J connectivity index is 2.19. The molecule has 0 aliphatic heterocycles. The van der Waals surface area contributed by atoms with Gasteiger partial charge in [0.05, 0.1) is 7.11 Å². The number of nitrogens with two attached hydrogens (primary N) is 1. The van der Waals surface area contributed by atoms with E-state index in [-0.39, 0.29) is 6.04 Å². The summed E-state index contributed by atoms with van der Waals surface area (Å²) in [6.45, 7) is 0. The normalized spacial score (nSPS) is 19.0. The Morgan fingerprint density at radius 3 is 2.65 bits per heavy atom. The first-order valence-corrected chi connectivity index (χ1v) is 7.10. The molecule has 2 nitrogen and oxygen atoms in total. The summed E-state index contributed by atoms with van der Waals surface area (Å²) in [6, 6.07) is 6.24. The van der Waals surface area contributed by atoms with E-state index in [1.54, 1.807) is 7.11 Å². The van der Waals surface area contributed by atoms with E-state index >= 15 is 0 Å². The van der Waals surface area contributed by atoms with Gasteiger partial charge in [-0.25, -0.2) is 0 Å². The van der Waals surface area contributed by atoms with Crippen molar-refractivity contribution in [3.63, 3.8) is 0 Å². The third-order valence-corrected chi connectivity index (χ3v) is 4.21. The van der Waals surface area contributed by atoms with E-state index in [0.29, 0.717) is 5.92 Å². The van der Waals surface area contributed by atoms with Crippen LogP contribution in [0.4, 0.5) is 0 Å². The summed E-state index contributed by atoms with van der Waals surface area (Å²) in [5.74, 6) is 1.51. The number of rotatable bonds is 3. The lowest BCUT2D eigenvalue weighted by atomic mass is 9.81. The minimum Gasteiger partial charge on any atom is -0.496 e. The summed E-state index contributed by atoms with van der Waals surface area (Å²) in [5, 5.41) is 0. The van der Waals surface area contributed by atoms with Crippen LogP contribution in [0.1, 0.15) is 43.7 Å². The van der Waals surface area contributed by atoms with Crippen molar-refractivity contribution >= 4 is 15.9 Å². The summed E-state index contributed by atoms with van der Waals surface area (Å²) in [7, 11) is 1.71. The molecule has 17 heavy (non-hydrogen) atoms. The van der Waals surface area contributed by atoms with Crippen molar-refractivity contribution < 1.29 is 4.74 Å². The highest BCUT2D eigenvalue weighted by Gasteiger charge is 2.24. The molecule has 94 valence electrons. The zero-order valence-electron chi connectivity index (χ0n) is 10.3. The van der Waals surface area contributed by atoms with Gasteiger partial charge in [0.15, 0.2) is 0 Å². The van der Waals surface area contributed by atoms with Crippen molar-refractivity contribution in [2.24, 2.45) is 11.7 Å². The van der Waals surface area contributed by atoms with Gasteiger partial charge in [0.1, 0.15) is 5.75 Å². The summed E-state index contributed by atoms with van der Waals surface area (Å²) in [5.41, 5.74) is 7.54. The lowest BCUT2D eigenvalue weighted by Gasteiger charge is -2.28. The second-order valence-corrected chi connectivity index (χ2v) is 5.73. The standard InChI is InChI=1S/C14H20BrNO/c1-17-13-9-11(15)7-8-12(13)14(16)10-5-3-2-4-6-10/h7-10,14H,2-6,16H2,1H3. The van der Waals surface area contributed by atoms with Crippen molar-refractivity contribution in [1.82, 2.24) is 0 Å². The lowest BCUT2D eigenvalue weighted by molar-refractivity contribution is 0.301. The zero-order chi connectivity index (χ0) is 12.3.